The first-order chi connectivity index (χ1) is 15.0. The van der Waals surface area contributed by atoms with Crippen molar-refractivity contribution in [2.45, 2.75) is 46.5 Å². The summed E-state index contributed by atoms with van der Waals surface area (Å²) in [7, 11) is 0. The van der Waals surface area contributed by atoms with Gasteiger partial charge in [-0.1, -0.05) is 44.9 Å². The van der Waals surface area contributed by atoms with Crippen LogP contribution < -0.4 is 5.32 Å². The fourth-order valence-electron chi connectivity index (χ4n) is 3.40. The van der Waals surface area contributed by atoms with Gasteiger partial charge in [0.05, 0.1) is 0 Å². The SMILES string of the molecule is CCC(CC)CC(=O)Cc1ccc(C(=O)Nc2cc(C)nc(-c3ccccn3)n2)cc1. The normalized spacial score (nSPS) is 10.8. The Balaban J connectivity index is 1.66. The van der Waals surface area contributed by atoms with E-state index in [1.165, 1.54) is 0 Å². The minimum atomic E-state index is -0.264. The molecule has 6 heteroatoms. The van der Waals surface area contributed by atoms with E-state index >= 15 is 0 Å². The van der Waals surface area contributed by atoms with E-state index in [1.807, 2.05) is 37.3 Å². The Hall–Kier alpha value is -3.41. The van der Waals surface area contributed by atoms with E-state index in [-0.39, 0.29) is 11.7 Å². The van der Waals surface area contributed by atoms with Crippen LogP contribution in [0.2, 0.25) is 0 Å². The summed E-state index contributed by atoms with van der Waals surface area (Å²) in [6.07, 6.45) is 4.73. The molecule has 1 aromatic carbocycles. The maximum Gasteiger partial charge on any atom is 0.256 e. The summed E-state index contributed by atoms with van der Waals surface area (Å²) in [5.74, 6) is 1.30. The van der Waals surface area contributed by atoms with Crippen LogP contribution in [0.1, 0.15) is 54.7 Å². The predicted octanol–water partition coefficient (Wildman–Crippen LogP) is 5.04. The molecular weight excluding hydrogens is 388 g/mol. The van der Waals surface area contributed by atoms with Gasteiger partial charge in [0.15, 0.2) is 5.82 Å². The van der Waals surface area contributed by atoms with Gasteiger partial charge in [-0.2, -0.15) is 0 Å². The molecule has 2 heterocycles. The number of Topliss-reactive ketones (excluding diaryl/α,β-unsaturated/α-hetero) is 1. The molecule has 0 aliphatic heterocycles. The summed E-state index contributed by atoms with van der Waals surface area (Å²) in [5, 5.41) is 2.83. The molecule has 3 rings (SSSR count). The molecule has 0 unspecified atom stereocenters. The van der Waals surface area contributed by atoms with E-state index in [0.717, 1.165) is 24.1 Å². The van der Waals surface area contributed by atoms with E-state index in [0.29, 0.717) is 41.7 Å². The molecule has 0 spiro atoms. The summed E-state index contributed by atoms with van der Waals surface area (Å²) in [6.45, 7) is 6.08. The van der Waals surface area contributed by atoms with Crippen LogP contribution in [0.4, 0.5) is 5.82 Å². The second-order valence-corrected chi connectivity index (χ2v) is 7.69. The van der Waals surface area contributed by atoms with Crippen LogP contribution in [-0.4, -0.2) is 26.6 Å². The van der Waals surface area contributed by atoms with Gasteiger partial charge in [-0.15, -0.1) is 0 Å². The third-order valence-corrected chi connectivity index (χ3v) is 5.28. The molecule has 31 heavy (non-hydrogen) atoms. The Morgan fingerprint density at radius 2 is 1.74 bits per heavy atom. The molecule has 0 bridgehead atoms. The molecule has 160 valence electrons. The van der Waals surface area contributed by atoms with Gasteiger partial charge in [-0.3, -0.25) is 14.6 Å². The lowest BCUT2D eigenvalue weighted by Gasteiger charge is -2.11. The van der Waals surface area contributed by atoms with Gasteiger partial charge in [0.2, 0.25) is 0 Å². The lowest BCUT2D eigenvalue weighted by atomic mass is 9.94. The summed E-state index contributed by atoms with van der Waals surface area (Å²) in [4.78, 5) is 38.0. The fourth-order valence-corrected chi connectivity index (χ4v) is 3.40. The first-order valence-electron chi connectivity index (χ1n) is 10.7. The zero-order valence-corrected chi connectivity index (χ0v) is 18.3. The Morgan fingerprint density at radius 3 is 2.39 bits per heavy atom. The minimum Gasteiger partial charge on any atom is -0.306 e. The maximum absolute atomic E-state index is 12.7. The molecule has 6 nitrogen and oxygen atoms in total. The van der Waals surface area contributed by atoms with Crippen molar-refractivity contribution in [3.8, 4) is 11.5 Å². The molecule has 0 aliphatic carbocycles. The van der Waals surface area contributed by atoms with Gasteiger partial charge in [-0.05, 0) is 42.7 Å². The van der Waals surface area contributed by atoms with Gasteiger partial charge in [0, 0.05) is 36.4 Å². The zero-order chi connectivity index (χ0) is 22.2. The topological polar surface area (TPSA) is 84.8 Å². The van der Waals surface area contributed by atoms with Crippen LogP contribution in [0.5, 0.6) is 0 Å². The number of pyridine rings is 1. The number of aromatic nitrogens is 3. The summed E-state index contributed by atoms with van der Waals surface area (Å²) >= 11 is 0. The number of benzene rings is 1. The van der Waals surface area contributed by atoms with Crippen molar-refractivity contribution in [2.75, 3.05) is 5.32 Å². The number of nitrogens with zero attached hydrogens (tertiary/aromatic N) is 3. The summed E-state index contributed by atoms with van der Waals surface area (Å²) < 4.78 is 0. The molecule has 0 saturated carbocycles. The van der Waals surface area contributed by atoms with E-state index < -0.39 is 0 Å². The highest BCUT2D eigenvalue weighted by atomic mass is 16.1. The first kappa shape index (κ1) is 22.3. The van der Waals surface area contributed by atoms with Gasteiger partial charge in [0.1, 0.15) is 17.3 Å². The maximum atomic E-state index is 12.7. The number of carbonyl (C=O) groups is 2. The fraction of sp³-hybridized carbons (Fsp3) is 0.320. The monoisotopic (exact) mass is 416 g/mol. The quantitative estimate of drug-likeness (QED) is 0.528. The highest BCUT2D eigenvalue weighted by Gasteiger charge is 2.13. The van der Waals surface area contributed by atoms with Gasteiger partial charge in [0.25, 0.3) is 5.91 Å². The standard InChI is InChI=1S/C25H28N4O2/c1-4-18(5-2)15-21(30)16-19-9-11-20(12-10-19)25(31)29-23-14-17(3)27-24(28-23)22-8-6-7-13-26-22/h6-14,18H,4-5,15-16H2,1-3H3,(H,27,28,29,31). The average molecular weight is 417 g/mol. The minimum absolute atomic E-state index is 0.240. The van der Waals surface area contributed by atoms with E-state index in [9.17, 15) is 9.59 Å². The van der Waals surface area contributed by atoms with Crippen LogP contribution in [0.15, 0.2) is 54.7 Å². The van der Waals surface area contributed by atoms with E-state index in [1.54, 1.807) is 24.4 Å². The summed E-state index contributed by atoms with van der Waals surface area (Å²) in [5.41, 5.74) is 2.80. The Bertz CT molecular complexity index is 1030. The number of aryl methyl sites for hydroxylation is 1. The zero-order valence-electron chi connectivity index (χ0n) is 18.3. The van der Waals surface area contributed by atoms with Crippen molar-refractivity contribution in [1.29, 1.82) is 0 Å². The average Bonchev–Trinajstić information content (AvgIpc) is 2.78. The van der Waals surface area contributed by atoms with Crippen LogP contribution in [-0.2, 0) is 11.2 Å². The molecule has 0 aliphatic rings. The number of hydrogen-bond acceptors (Lipinski definition) is 5. The lowest BCUT2D eigenvalue weighted by molar-refractivity contribution is -0.119. The number of nitrogens with one attached hydrogen (secondary N) is 1. The largest absolute Gasteiger partial charge is 0.306 e. The Morgan fingerprint density at radius 1 is 1.00 bits per heavy atom. The first-order valence-corrected chi connectivity index (χ1v) is 10.7. The lowest BCUT2D eigenvalue weighted by Crippen LogP contribution is -2.14. The number of ketones is 1. The van der Waals surface area contributed by atoms with Crippen molar-refractivity contribution < 1.29 is 9.59 Å². The van der Waals surface area contributed by atoms with Crippen molar-refractivity contribution >= 4 is 17.5 Å². The smallest absolute Gasteiger partial charge is 0.256 e. The van der Waals surface area contributed by atoms with Crippen molar-refractivity contribution in [2.24, 2.45) is 5.92 Å². The van der Waals surface area contributed by atoms with Crippen LogP contribution in [0.3, 0.4) is 0 Å². The Labute approximate surface area is 183 Å². The van der Waals surface area contributed by atoms with E-state index in [4.69, 9.17) is 0 Å². The molecule has 0 atom stereocenters. The van der Waals surface area contributed by atoms with Gasteiger partial charge >= 0.3 is 0 Å². The van der Waals surface area contributed by atoms with Gasteiger partial charge in [-0.25, -0.2) is 9.97 Å². The summed E-state index contributed by atoms with van der Waals surface area (Å²) in [6, 6.07) is 14.4. The van der Waals surface area contributed by atoms with Crippen molar-refractivity contribution in [1.82, 2.24) is 15.0 Å². The number of rotatable bonds is 9. The molecule has 1 amide bonds. The predicted molar refractivity (Wildman–Crippen MR) is 122 cm³/mol. The molecule has 1 N–H and O–H groups in total. The van der Waals surface area contributed by atoms with Crippen molar-refractivity contribution in [3.05, 3.63) is 71.5 Å². The number of amides is 1. The number of carbonyl (C=O) groups excluding carboxylic acids is 2. The highest BCUT2D eigenvalue weighted by molar-refractivity contribution is 6.03. The third-order valence-electron chi connectivity index (χ3n) is 5.28. The van der Waals surface area contributed by atoms with Crippen molar-refractivity contribution in [3.63, 3.8) is 0 Å². The number of anilines is 1. The van der Waals surface area contributed by atoms with Gasteiger partial charge < -0.3 is 5.32 Å². The molecule has 3 aromatic rings. The van der Waals surface area contributed by atoms with Crippen LogP contribution >= 0.6 is 0 Å². The van der Waals surface area contributed by atoms with E-state index in [2.05, 4.69) is 34.1 Å². The molecule has 0 saturated heterocycles. The second-order valence-electron chi connectivity index (χ2n) is 7.69. The second kappa shape index (κ2) is 10.6. The molecular formula is C25H28N4O2. The Kier molecular flexibility index (Phi) is 7.60. The number of hydrogen-bond donors (Lipinski definition) is 1. The highest BCUT2D eigenvalue weighted by Crippen LogP contribution is 2.17. The third kappa shape index (κ3) is 6.28. The molecule has 0 radical (unpaired) electrons. The van der Waals surface area contributed by atoms with Crippen LogP contribution in [0.25, 0.3) is 11.5 Å². The molecule has 2 aromatic heterocycles. The molecule has 0 fully saturated rings. The van der Waals surface area contributed by atoms with Crippen LogP contribution in [0, 0.1) is 12.8 Å².